The molecule has 6 heteroatoms. The Morgan fingerprint density at radius 3 is 2.93 bits per heavy atom. The molecular weight excluding hydrogens is 418 g/mol. The molecule has 4 aromatic rings. The molecule has 0 unspecified atom stereocenters. The summed E-state index contributed by atoms with van der Waals surface area (Å²) in [4.78, 5) is 12.4. The van der Waals surface area contributed by atoms with Crippen LogP contribution in [0.25, 0.3) is 21.9 Å². The summed E-state index contributed by atoms with van der Waals surface area (Å²) in [5.74, 6) is -0.151. The van der Waals surface area contributed by atoms with Crippen molar-refractivity contribution in [2.45, 2.75) is 26.3 Å². The standard InChI is InChI=1S/C22H20BrN3O2/c1-3-14(2)26-13-16(18-6-4-5-7-19(18)26)12-24-25-22(27)21-11-15-10-17(23)8-9-20(15)28-21/h4-14H,3H2,1-2H3,(H,25,27)/b24-12-/t14-/m0/s1. The lowest BCUT2D eigenvalue weighted by Crippen LogP contribution is -2.16. The summed E-state index contributed by atoms with van der Waals surface area (Å²) in [5.41, 5.74) is 5.34. The summed E-state index contributed by atoms with van der Waals surface area (Å²) >= 11 is 3.42. The number of rotatable bonds is 5. The number of hydrogen-bond acceptors (Lipinski definition) is 3. The van der Waals surface area contributed by atoms with E-state index in [2.05, 4.69) is 63.2 Å². The van der Waals surface area contributed by atoms with Crippen LogP contribution >= 0.6 is 15.9 Å². The van der Waals surface area contributed by atoms with Crippen LogP contribution in [0, 0.1) is 0 Å². The van der Waals surface area contributed by atoms with E-state index in [0.717, 1.165) is 32.7 Å². The number of hydrogen-bond donors (Lipinski definition) is 1. The van der Waals surface area contributed by atoms with Crippen LogP contribution in [0.15, 0.2) is 68.7 Å². The first kappa shape index (κ1) is 18.5. The first-order valence-electron chi connectivity index (χ1n) is 9.19. The predicted molar refractivity (Wildman–Crippen MR) is 116 cm³/mol. The van der Waals surface area contributed by atoms with Gasteiger partial charge in [-0.1, -0.05) is 41.1 Å². The lowest BCUT2D eigenvalue weighted by atomic mass is 10.2. The number of nitrogens with zero attached hydrogens (tertiary/aromatic N) is 2. The Balaban J connectivity index is 1.56. The highest BCUT2D eigenvalue weighted by Gasteiger charge is 2.13. The number of para-hydroxylation sites is 1. The molecule has 0 spiro atoms. The van der Waals surface area contributed by atoms with E-state index in [1.807, 2.05) is 30.3 Å². The van der Waals surface area contributed by atoms with Crippen molar-refractivity contribution in [3.63, 3.8) is 0 Å². The quantitative estimate of drug-likeness (QED) is 0.312. The van der Waals surface area contributed by atoms with Gasteiger partial charge in [-0.3, -0.25) is 4.79 Å². The zero-order valence-corrected chi connectivity index (χ0v) is 17.2. The first-order valence-corrected chi connectivity index (χ1v) is 9.98. The summed E-state index contributed by atoms with van der Waals surface area (Å²) in [6.07, 6.45) is 4.79. The van der Waals surface area contributed by atoms with Gasteiger partial charge in [0.2, 0.25) is 0 Å². The number of halogens is 1. The third-order valence-corrected chi connectivity index (χ3v) is 5.40. The summed E-state index contributed by atoms with van der Waals surface area (Å²) in [7, 11) is 0. The summed E-state index contributed by atoms with van der Waals surface area (Å²) in [6, 6.07) is 15.9. The van der Waals surface area contributed by atoms with E-state index in [-0.39, 0.29) is 11.7 Å². The Labute approximate surface area is 171 Å². The maximum Gasteiger partial charge on any atom is 0.307 e. The average Bonchev–Trinajstić information content (AvgIpc) is 3.29. The molecule has 0 radical (unpaired) electrons. The number of fused-ring (bicyclic) bond motifs is 2. The molecule has 28 heavy (non-hydrogen) atoms. The lowest BCUT2D eigenvalue weighted by molar-refractivity contribution is 0.0929. The molecule has 0 saturated heterocycles. The van der Waals surface area contributed by atoms with Crippen molar-refractivity contribution in [2.75, 3.05) is 0 Å². The topological polar surface area (TPSA) is 59.5 Å². The molecule has 0 aliphatic heterocycles. The van der Waals surface area contributed by atoms with E-state index in [0.29, 0.717) is 11.6 Å². The molecule has 4 rings (SSSR count). The second kappa shape index (κ2) is 7.64. The van der Waals surface area contributed by atoms with E-state index in [9.17, 15) is 4.79 Å². The monoisotopic (exact) mass is 437 g/mol. The highest BCUT2D eigenvalue weighted by molar-refractivity contribution is 9.10. The molecule has 1 atom stereocenters. The Kier molecular flexibility index (Phi) is 5.05. The normalized spacial score (nSPS) is 12.8. The number of furan rings is 1. The number of carbonyl (C=O) groups excluding carboxylic acids is 1. The summed E-state index contributed by atoms with van der Waals surface area (Å²) < 4.78 is 8.78. The molecule has 0 saturated carbocycles. The maximum absolute atomic E-state index is 12.4. The molecule has 1 N–H and O–H groups in total. The van der Waals surface area contributed by atoms with Gasteiger partial charge in [0, 0.05) is 38.6 Å². The molecule has 0 aliphatic rings. The largest absolute Gasteiger partial charge is 0.451 e. The van der Waals surface area contributed by atoms with Gasteiger partial charge in [-0.05, 0) is 43.7 Å². The van der Waals surface area contributed by atoms with Gasteiger partial charge in [-0.15, -0.1) is 0 Å². The van der Waals surface area contributed by atoms with Crippen LogP contribution in [0.2, 0.25) is 0 Å². The van der Waals surface area contributed by atoms with Gasteiger partial charge in [0.05, 0.1) is 6.21 Å². The second-order valence-corrected chi connectivity index (χ2v) is 7.67. The molecule has 1 amide bonds. The van der Waals surface area contributed by atoms with E-state index in [4.69, 9.17) is 4.42 Å². The average molecular weight is 438 g/mol. The van der Waals surface area contributed by atoms with E-state index >= 15 is 0 Å². The fourth-order valence-corrected chi connectivity index (χ4v) is 3.62. The third-order valence-electron chi connectivity index (χ3n) is 4.91. The number of hydrazone groups is 1. The van der Waals surface area contributed by atoms with Crippen LogP contribution in [0.1, 0.15) is 42.4 Å². The number of nitrogens with one attached hydrogen (secondary N) is 1. The number of benzene rings is 2. The molecule has 2 aromatic carbocycles. The molecule has 2 aromatic heterocycles. The van der Waals surface area contributed by atoms with E-state index in [1.165, 1.54) is 0 Å². The maximum atomic E-state index is 12.4. The van der Waals surface area contributed by atoms with Crippen LogP contribution in [0.4, 0.5) is 0 Å². The SMILES string of the molecule is CC[C@H](C)n1cc(/C=N\NC(=O)c2cc3cc(Br)ccc3o2)c2ccccc21. The Morgan fingerprint density at radius 1 is 1.29 bits per heavy atom. The second-order valence-electron chi connectivity index (χ2n) is 6.76. The minimum Gasteiger partial charge on any atom is -0.451 e. The van der Waals surface area contributed by atoms with E-state index in [1.54, 1.807) is 12.3 Å². The fourth-order valence-electron chi connectivity index (χ4n) is 3.24. The Bertz CT molecular complexity index is 1190. The fraction of sp³-hybridized carbons (Fsp3) is 0.182. The van der Waals surface area contributed by atoms with Gasteiger partial charge in [0.25, 0.3) is 0 Å². The van der Waals surface area contributed by atoms with Crippen LogP contribution < -0.4 is 5.43 Å². The summed E-state index contributed by atoms with van der Waals surface area (Å²) in [5, 5.41) is 6.11. The van der Waals surface area contributed by atoms with Crippen LogP contribution in [0.3, 0.4) is 0 Å². The van der Waals surface area contributed by atoms with Crippen molar-refractivity contribution in [3.8, 4) is 0 Å². The molecule has 2 heterocycles. The van der Waals surface area contributed by atoms with Gasteiger partial charge in [-0.2, -0.15) is 5.10 Å². The Morgan fingerprint density at radius 2 is 2.11 bits per heavy atom. The van der Waals surface area contributed by atoms with Gasteiger partial charge in [-0.25, -0.2) is 5.43 Å². The molecule has 0 bridgehead atoms. The number of amides is 1. The summed E-state index contributed by atoms with van der Waals surface area (Å²) in [6.45, 7) is 4.36. The third kappa shape index (κ3) is 3.47. The molecule has 142 valence electrons. The van der Waals surface area contributed by atoms with Crippen molar-refractivity contribution in [1.29, 1.82) is 0 Å². The first-order chi connectivity index (χ1) is 13.6. The highest BCUT2D eigenvalue weighted by atomic mass is 79.9. The van der Waals surface area contributed by atoms with Gasteiger partial charge >= 0.3 is 5.91 Å². The molecular formula is C22H20BrN3O2. The van der Waals surface area contributed by atoms with Crippen LogP contribution in [-0.4, -0.2) is 16.7 Å². The van der Waals surface area contributed by atoms with Crippen molar-refractivity contribution in [3.05, 3.63) is 70.5 Å². The zero-order valence-electron chi connectivity index (χ0n) is 15.6. The van der Waals surface area contributed by atoms with Crippen molar-refractivity contribution in [2.24, 2.45) is 5.10 Å². The zero-order chi connectivity index (χ0) is 19.7. The predicted octanol–water partition coefficient (Wildman–Crippen LogP) is 5.88. The van der Waals surface area contributed by atoms with Crippen molar-refractivity contribution >= 4 is 49.9 Å². The van der Waals surface area contributed by atoms with Crippen LogP contribution in [0.5, 0.6) is 0 Å². The minimum atomic E-state index is -0.380. The van der Waals surface area contributed by atoms with Gasteiger partial charge < -0.3 is 8.98 Å². The smallest absolute Gasteiger partial charge is 0.307 e. The van der Waals surface area contributed by atoms with E-state index < -0.39 is 0 Å². The minimum absolute atomic E-state index is 0.229. The number of carbonyl (C=O) groups is 1. The molecule has 0 fully saturated rings. The lowest BCUT2D eigenvalue weighted by Gasteiger charge is -2.12. The molecule has 5 nitrogen and oxygen atoms in total. The van der Waals surface area contributed by atoms with Crippen molar-refractivity contribution in [1.82, 2.24) is 9.99 Å². The highest BCUT2D eigenvalue weighted by Crippen LogP contribution is 2.25. The number of aromatic nitrogens is 1. The van der Waals surface area contributed by atoms with Crippen LogP contribution in [-0.2, 0) is 0 Å². The molecule has 0 aliphatic carbocycles. The van der Waals surface area contributed by atoms with Gasteiger partial charge in [0.1, 0.15) is 5.58 Å². The Hall–Kier alpha value is -2.86. The van der Waals surface area contributed by atoms with Crippen molar-refractivity contribution < 1.29 is 9.21 Å². The van der Waals surface area contributed by atoms with Gasteiger partial charge in [0.15, 0.2) is 5.76 Å².